The predicted molar refractivity (Wildman–Crippen MR) is 151 cm³/mol. The third kappa shape index (κ3) is 8.77. The molecule has 0 spiro atoms. The zero-order chi connectivity index (χ0) is 32.7. The minimum atomic E-state index is -1.92. The Balaban J connectivity index is 1.87. The molecule has 0 radical (unpaired) electrons. The Hall–Kier alpha value is -1.21. The molecule has 2 aliphatic heterocycles. The number of aliphatic hydroxyl groups excluding tert-OH is 7. The molecule has 3 rings (SSSR count). The number of rotatable bonds is 14. The summed E-state index contributed by atoms with van der Waals surface area (Å²) in [6, 6.07) is -3.94. The molecule has 2 heterocycles. The maximum Gasteiger partial charge on any atom is 0.251 e. The minimum absolute atomic E-state index is 0.0122. The van der Waals surface area contributed by atoms with Crippen LogP contribution in [0.2, 0.25) is 0 Å². The Morgan fingerprint density at radius 2 is 1.55 bits per heavy atom. The molecule has 16 unspecified atom stereocenters. The van der Waals surface area contributed by atoms with E-state index in [9.17, 15) is 40.5 Å². The van der Waals surface area contributed by atoms with Crippen LogP contribution in [0.4, 0.5) is 0 Å². The number of amides is 1. The Labute approximate surface area is 254 Å². The quantitative estimate of drug-likeness (QED) is 0.0782. The van der Waals surface area contributed by atoms with E-state index in [1.54, 1.807) is 0 Å². The van der Waals surface area contributed by atoms with Gasteiger partial charge in [0.25, 0.3) is 5.91 Å². The highest BCUT2D eigenvalue weighted by Gasteiger charge is 2.51. The molecule has 19 nitrogen and oxygen atoms in total. The van der Waals surface area contributed by atoms with E-state index < -0.39 is 117 Å². The summed E-state index contributed by atoms with van der Waals surface area (Å²) < 4.78 is 23.6. The number of ether oxygens (including phenoxy) is 4. The van der Waals surface area contributed by atoms with Gasteiger partial charge in [-0.25, -0.2) is 0 Å². The van der Waals surface area contributed by atoms with Crippen molar-refractivity contribution < 1.29 is 59.5 Å². The summed E-state index contributed by atoms with van der Waals surface area (Å²) in [5.41, 5.74) is 29.1. The van der Waals surface area contributed by atoms with Gasteiger partial charge in [-0.15, -0.1) is 0 Å². The van der Waals surface area contributed by atoms with E-state index in [2.05, 4.69) is 10.6 Å². The summed E-state index contributed by atoms with van der Waals surface area (Å²) >= 11 is 0. The van der Waals surface area contributed by atoms with E-state index in [4.69, 9.17) is 47.6 Å². The summed E-state index contributed by atoms with van der Waals surface area (Å²) in [6.07, 6.45) is -15.6. The first-order valence-corrected chi connectivity index (χ1v) is 14.8. The van der Waals surface area contributed by atoms with E-state index in [1.807, 2.05) is 0 Å². The zero-order valence-corrected chi connectivity index (χ0v) is 24.5. The van der Waals surface area contributed by atoms with E-state index in [1.165, 1.54) is 0 Å². The van der Waals surface area contributed by atoms with Crippen LogP contribution in [-0.2, 0) is 23.7 Å². The Morgan fingerprint density at radius 3 is 2.16 bits per heavy atom. The second-order valence-electron chi connectivity index (χ2n) is 11.5. The van der Waals surface area contributed by atoms with Crippen LogP contribution in [-0.4, -0.2) is 172 Å². The highest BCUT2D eigenvalue weighted by atomic mass is 16.7. The molecule has 44 heavy (non-hydrogen) atoms. The van der Waals surface area contributed by atoms with Gasteiger partial charge in [-0.05, 0) is 32.4 Å². The van der Waals surface area contributed by atoms with Crippen LogP contribution in [0.5, 0.6) is 0 Å². The molecule has 0 bridgehead atoms. The maximum atomic E-state index is 12.8. The van der Waals surface area contributed by atoms with Crippen molar-refractivity contribution in [2.75, 3.05) is 32.8 Å². The summed E-state index contributed by atoms with van der Waals surface area (Å²) in [5, 5.41) is 78.4. The van der Waals surface area contributed by atoms with E-state index in [0.29, 0.717) is 19.5 Å². The first-order valence-electron chi connectivity index (χ1n) is 14.8. The molecule has 3 fully saturated rings. The van der Waals surface area contributed by atoms with E-state index >= 15 is 0 Å². The van der Waals surface area contributed by atoms with Crippen LogP contribution in [0.1, 0.15) is 19.3 Å². The molecule has 2 saturated heterocycles. The number of nitrogens with one attached hydrogen (secondary N) is 2. The fraction of sp³-hybridized carbons (Fsp3) is 0.960. The van der Waals surface area contributed by atoms with Gasteiger partial charge < -0.3 is 94.0 Å². The average molecular weight is 642 g/mol. The monoisotopic (exact) mass is 641 g/mol. The van der Waals surface area contributed by atoms with Gasteiger partial charge in [-0.2, -0.15) is 0 Å². The van der Waals surface area contributed by atoms with Gasteiger partial charge in [0, 0.05) is 19.1 Å². The van der Waals surface area contributed by atoms with E-state index in [0.717, 1.165) is 0 Å². The Bertz CT molecular complexity index is 883. The van der Waals surface area contributed by atoms with Gasteiger partial charge in [0.15, 0.2) is 18.7 Å². The smallest absolute Gasteiger partial charge is 0.251 e. The molecular weight excluding hydrogens is 590 g/mol. The lowest BCUT2D eigenvalue weighted by Crippen LogP contribution is -2.69. The first-order chi connectivity index (χ1) is 20.9. The highest BCUT2D eigenvalue weighted by Crippen LogP contribution is 2.32. The third-order valence-electron chi connectivity index (χ3n) is 8.32. The van der Waals surface area contributed by atoms with Gasteiger partial charge >= 0.3 is 0 Å². The first kappa shape index (κ1) is 37.2. The normalized spacial score (nSPS) is 42.9. The molecule has 258 valence electrons. The molecular formula is C25H51N7O12. The zero-order valence-electron chi connectivity index (χ0n) is 24.5. The van der Waals surface area contributed by atoms with Crippen molar-refractivity contribution in [3.8, 4) is 0 Å². The van der Waals surface area contributed by atoms with Gasteiger partial charge in [-0.1, -0.05) is 0 Å². The van der Waals surface area contributed by atoms with Crippen LogP contribution in [0, 0.1) is 0 Å². The van der Waals surface area contributed by atoms with Crippen LogP contribution in [0.3, 0.4) is 0 Å². The summed E-state index contributed by atoms with van der Waals surface area (Å²) in [6.45, 7) is -0.192. The largest absolute Gasteiger partial charge is 0.394 e. The van der Waals surface area contributed by atoms with Crippen molar-refractivity contribution in [1.29, 1.82) is 0 Å². The maximum absolute atomic E-state index is 12.8. The molecule has 19 N–H and O–H groups in total. The highest BCUT2D eigenvalue weighted by molar-refractivity contribution is 5.81. The average Bonchev–Trinajstić information content (AvgIpc) is 3.00. The van der Waals surface area contributed by atoms with Gasteiger partial charge in [0.1, 0.15) is 42.7 Å². The van der Waals surface area contributed by atoms with Gasteiger partial charge in [0.05, 0.1) is 36.9 Å². The summed E-state index contributed by atoms with van der Waals surface area (Å²) in [5.74, 6) is -1.04. The van der Waals surface area contributed by atoms with Crippen molar-refractivity contribution in [1.82, 2.24) is 10.6 Å². The van der Waals surface area contributed by atoms with Crippen LogP contribution in [0.15, 0.2) is 0 Å². The SMILES string of the molecule is NCCCNC1CC(O)C(CN)OC1OC1C(N)CC(NC(=O)C(O)C(O)CN)C(OC2OC(CO)C(O)C(N)C2O)C1O. The van der Waals surface area contributed by atoms with Crippen LogP contribution >= 0.6 is 0 Å². The number of carbonyl (C=O) groups is 1. The molecule has 0 aromatic heterocycles. The van der Waals surface area contributed by atoms with Crippen LogP contribution < -0.4 is 39.3 Å². The Kier molecular flexibility index (Phi) is 14.5. The second-order valence-corrected chi connectivity index (χ2v) is 11.5. The molecule has 3 aliphatic rings. The van der Waals surface area contributed by atoms with Crippen LogP contribution in [0.25, 0.3) is 0 Å². The Morgan fingerprint density at radius 1 is 0.886 bits per heavy atom. The molecule has 1 saturated carbocycles. The molecule has 0 aromatic carbocycles. The van der Waals surface area contributed by atoms with Gasteiger partial charge in [-0.3, -0.25) is 4.79 Å². The van der Waals surface area contributed by atoms with Crippen molar-refractivity contribution in [2.24, 2.45) is 28.7 Å². The van der Waals surface area contributed by atoms with Crippen molar-refractivity contribution in [3.05, 3.63) is 0 Å². The molecule has 19 heteroatoms. The van der Waals surface area contributed by atoms with Crippen molar-refractivity contribution in [3.63, 3.8) is 0 Å². The lowest BCUT2D eigenvalue weighted by atomic mass is 9.83. The summed E-state index contributed by atoms with van der Waals surface area (Å²) in [7, 11) is 0. The topological polar surface area (TPSA) is 350 Å². The number of hydrogen-bond donors (Lipinski definition) is 14. The number of nitrogens with two attached hydrogens (primary N) is 5. The standard InChI is InChI=1S/C25H51N7O12/c26-2-1-3-31-11-5-12(34)14(7-28)41-24(11)43-21-9(29)4-10(32-23(40)17(36)13(35)6-27)22(20(21)39)44-25-19(38)16(30)18(37)15(8-33)42-25/h9-22,24-25,31,33-39H,1-8,26-30H2,(H,32,40). The molecule has 16 atom stereocenters. The van der Waals surface area contributed by atoms with Gasteiger partial charge in [0.2, 0.25) is 0 Å². The number of carbonyl (C=O) groups excluding carboxylic acids is 1. The fourth-order valence-corrected chi connectivity index (χ4v) is 5.64. The second kappa shape index (κ2) is 17.1. The lowest BCUT2D eigenvalue weighted by molar-refractivity contribution is -0.316. The fourth-order valence-electron chi connectivity index (χ4n) is 5.64. The lowest BCUT2D eigenvalue weighted by Gasteiger charge is -2.49. The molecule has 0 aromatic rings. The number of aliphatic hydroxyl groups is 7. The number of hydrogen-bond acceptors (Lipinski definition) is 18. The van der Waals surface area contributed by atoms with Crippen molar-refractivity contribution >= 4 is 5.91 Å². The third-order valence-corrected chi connectivity index (χ3v) is 8.32. The summed E-state index contributed by atoms with van der Waals surface area (Å²) in [4.78, 5) is 12.8. The molecule has 1 amide bonds. The predicted octanol–water partition coefficient (Wildman–Crippen LogP) is -8.48. The minimum Gasteiger partial charge on any atom is -0.394 e. The molecule has 1 aliphatic carbocycles. The van der Waals surface area contributed by atoms with Crippen molar-refractivity contribution in [2.45, 2.75) is 117 Å². The van der Waals surface area contributed by atoms with E-state index in [-0.39, 0.29) is 19.4 Å².